The number of aromatic nitrogens is 5. The first kappa shape index (κ1) is 18.9. The van der Waals surface area contributed by atoms with Gasteiger partial charge in [-0.1, -0.05) is 35.1 Å². The van der Waals surface area contributed by atoms with E-state index >= 15 is 0 Å². The number of thioether (sulfide) groups is 1. The van der Waals surface area contributed by atoms with Gasteiger partial charge in [-0.2, -0.15) is 4.98 Å². The molecule has 1 atom stereocenters. The Morgan fingerprint density at radius 3 is 2.60 bits per heavy atom. The molecule has 1 aliphatic rings. The number of hydrogen-bond donors (Lipinski definition) is 0. The lowest BCUT2D eigenvalue weighted by molar-refractivity contribution is 0.379. The summed E-state index contributed by atoms with van der Waals surface area (Å²) in [6, 6.07) is 13.8. The zero-order valence-corrected chi connectivity index (χ0v) is 17.5. The summed E-state index contributed by atoms with van der Waals surface area (Å²) in [6.45, 7) is 4.03. The van der Waals surface area contributed by atoms with Gasteiger partial charge in [0.25, 0.3) is 0 Å². The molecule has 0 saturated carbocycles. The molecule has 0 spiro atoms. The van der Waals surface area contributed by atoms with Crippen molar-refractivity contribution in [2.75, 3.05) is 18.0 Å². The summed E-state index contributed by atoms with van der Waals surface area (Å²) < 4.78 is 13.0. The molecule has 4 aromatic rings. The number of nitrogens with zero attached hydrogens (tertiary/aromatic N) is 6. The van der Waals surface area contributed by atoms with Gasteiger partial charge < -0.3 is 13.8 Å². The van der Waals surface area contributed by atoms with E-state index in [-0.39, 0.29) is 5.25 Å². The molecule has 0 amide bonds. The van der Waals surface area contributed by atoms with Crippen LogP contribution in [0.15, 0.2) is 62.8 Å². The fourth-order valence-electron chi connectivity index (χ4n) is 3.56. The molecule has 5 rings (SSSR count). The molecule has 1 saturated heterocycles. The summed E-state index contributed by atoms with van der Waals surface area (Å²) in [5.41, 5.74) is 1.04. The van der Waals surface area contributed by atoms with Gasteiger partial charge in [-0.05, 0) is 50.5 Å². The van der Waals surface area contributed by atoms with Crippen molar-refractivity contribution in [1.82, 2.24) is 24.9 Å². The molecule has 8 nitrogen and oxygen atoms in total. The molecule has 0 radical (unpaired) electrons. The van der Waals surface area contributed by atoms with Crippen LogP contribution in [0.4, 0.5) is 5.95 Å². The lowest BCUT2D eigenvalue weighted by Crippen LogP contribution is -2.31. The van der Waals surface area contributed by atoms with E-state index < -0.39 is 0 Å². The largest absolute Gasteiger partial charge is 0.461 e. The van der Waals surface area contributed by atoms with Crippen molar-refractivity contribution in [2.24, 2.45) is 0 Å². The molecule has 1 aromatic carbocycles. The molecule has 30 heavy (non-hydrogen) atoms. The Bertz CT molecular complexity index is 1090. The topological polar surface area (TPSA) is 86.0 Å². The number of para-hydroxylation sites is 1. The highest BCUT2D eigenvalue weighted by Gasteiger charge is 2.25. The van der Waals surface area contributed by atoms with Crippen LogP contribution in [0.5, 0.6) is 0 Å². The van der Waals surface area contributed by atoms with Crippen molar-refractivity contribution in [2.45, 2.75) is 36.6 Å². The minimum atomic E-state index is -0.0953. The second kappa shape index (κ2) is 8.35. The lowest BCUT2D eigenvalue weighted by atomic mass is 10.1. The van der Waals surface area contributed by atoms with Gasteiger partial charge >= 0.3 is 0 Å². The number of anilines is 1. The smallest absolute Gasteiger partial charge is 0.240 e. The average molecular weight is 423 g/mol. The normalized spacial score (nSPS) is 15.4. The average Bonchev–Trinajstić information content (AvgIpc) is 3.55. The molecule has 0 N–H and O–H groups in total. The molecule has 9 heteroatoms. The Labute approximate surface area is 178 Å². The Hall–Kier alpha value is -3.07. The van der Waals surface area contributed by atoms with Gasteiger partial charge in [0.2, 0.25) is 17.7 Å². The zero-order valence-electron chi connectivity index (χ0n) is 16.6. The quantitative estimate of drug-likeness (QED) is 0.411. The van der Waals surface area contributed by atoms with Crippen molar-refractivity contribution in [3.8, 4) is 17.3 Å². The van der Waals surface area contributed by atoms with Gasteiger partial charge in [-0.3, -0.25) is 4.57 Å². The van der Waals surface area contributed by atoms with Crippen LogP contribution in [-0.2, 0) is 0 Å². The number of rotatable bonds is 6. The Morgan fingerprint density at radius 2 is 1.83 bits per heavy atom. The molecular weight excluding hydrogens is 400 g/mol. The summed E-state index contributed by atoms with van der Waals surface area (Å²) >= 11 is 1.55. The number of furan rings is 1. The summed E-state index contributed by atoms with van der Waals surface area (Å²) in [5.74, 6) is 2.44. The van der Waals surface area contributed by atoms with Crippen LogP contribution in [-0.4, -0.2) is 38.0 Å². The van der Waals surface area contributed by atoms with E-state index in [9.17, 15) is 0 Å². The number of benzene rings is 1. The van der Waals surface area contributed by atoms with Crippen molar-refractivity contribution in [3.63, 3.8) is 0 Å². The van der Waals surface area contributed by atoms with Crippen LogP contribution in [0.2, 0.25) is 0 Å². The van der Waals surface area contributed by atoms with Crippen molar-refractivity contribution in [3.05, 3.63) is 54.6 Å². The van der Waals surface area contributed by atoms with Crippen LogP contribution in [0.25, 0.3) is 17.3 Å². The molecule has 3 aromatic heterocycles. The monoisotopic (exact) mass is 422 g/mol. The van der Waals surface area contributed by atoms with Crippen LogP contribution in [0.1, 0.15) is 37.3 Å². The van der Waals surface area contributed by atoms with Crippen molar-refractivity contribution < 1.29 is 8.94 Å². The van der Waals surface area contributed by atoms with E-state index in [1.54, 1.807) is 24.1 Å². The van der Waals surface area contributed by atoms with Crippen molar-refractivity contribution in [1.29, 1.82) is 0 Å². The van der Waals surface area contributed by atoms with Crippen LogP contribution in [0.3, 0.4) is 0 Å². The van der Waals surface area contributed by atoms with E-state index in [0.29, 0.717) is 17.5 Å². The Kier molecular flexibility index (Phi) is 5.27. The molecule has 0 bridgehead atoms. The molecule has 154 valence electrons. The second-order valence-electron chi connectivity index (χ2n) is 7.19. The molecule has 0 unspecified atom stereocenters. The SMILES string of the molecule is C[C@H](Sc1nnc(N2CCCCC2)n1-c1ccccc1)c1nc(-c2ccco2)no1. The maximum Gasteiger partial charge on any atom is 0.240 e. The minimum absolute atomic E-state index is 0.0953. The summed E-state index contributed by atoms with van der Waals surface area (Å²) in [6.07, 6.45) is 5.22. The maximum absolute atomic E-state index is 5.48. The van der Waals surface area contributed by atoms with E-state index in [0.717, 1.165) is 29.9 Å². The van der Waals surface area contributed by atoms with Crippen LogP contribution < -0.4 is 4.90 Å². The molecule has 4 heterocycles. The van der Waals surface area contributed by atoms with Crippen LogP contribution >= 0.6 is 11.8 Å². The van der Waals surface area contributed by atoms with Gasteiger partial charge in [0.05, 0.1) is 17.2 Å². The van der Waals surface area contributed by atoms with E-state index in [2.05, 4.69) is 41.9 Å². The highest BCUT2D eigenvalue weighted by atomic mass is 32.2. The van der Waals surface area contributed by atoms with Gasteiger partial charge in [0.15, 0.2) is 10.9 Å². The van der Waals surface area contributed by atoms with Gasteiger partial charge in [-0.25, -0.2) is 0 Å². The van der Waals surface area contributed by atoms with E-state index in [1.807, 2.05) is 31.2 Å². The second-order valence-corrected chi connectivity index (χ2v) is 8.50. The highest BCUT2D eigenvalue weighted by Crippen LogP contribution is 2.37. The summed E-state index contributed by atoms with van der Waals surface area (Å²) in [4.78, 5) is 6.81. The van der Waals surface area contributed by atoms with Crippen molar-refractivity contribution >= 4 is 17.7 Å². The number of piperidine rings is 1. The van der Waals surface area contributed by atoms with Gasteiger partial charge in [0, 0.05) is 13.1 Å². The first-order valence-corrected chi connectivity index (χ1v) is 11.0. The third-order valence-electron chi connectivity index (χ3n) is 5.08. The summed E-state index contributed by atoms with van der Waals surface area (Å²) in [5, 5.41) is 13.8. The zero-order chi connectivity index (χ0) is 20.3. The van der Waals surface area contributed by atoms with Gasteiger partial charge in [-0.15, -0.1) is 10.2 Å². The first-order chi connectivity index (χ1) is 14.8. The predicted molar refractivity (Wildman–Crippen MR) is 114 cm³/mol. The fraction of sp³-hybridized carbons (Fsp3) is 0.333. The highest BCUT2D eigenvalue weighted by molar-refractivity contribution is 7.99. The third-order valence-corrected chi connectivity index (χ3v) is 6.11. The van der Waals surface area contributed by atoms with Crippen LogP contribution in [0, 0.1) is 0 Å². The maximum atomic E-state index is 5.48. The Balaban J connectivity index is 1.44. The molecule has 1 fully saturated rings. The Morgan fingerprint density at radius 1 is 1.00 bits per heavy atom. The minimum Gasteiger partial charge on any atom is -0.461 e. The predicted octanol–water partition coefficient (Wildman–Crippen LogP) is 4.75. The number of hydrogen-bond acceptors (Lipinski definition) is 8. The lowest BCUT2D eigenvalue weighted by Gasteiger charge is -2.27. The summed E-state index contributed by atoms with van der Waals surface area (Å²) in [7, 11) is 0. The molecular formula is C21H22N6O2S. The van der Waals surface area contributed by atoms with Gasteiger partial charge in [0.1, 0.15) is 0 Å². The standard InChI is InChI=1S/C21H22N6O2S/c1-15(19-22-18(25-29-19)17-11-8-14-28-17)30-21-24-23-20(26-12-6-3-7-13-26)27(21)16-9-4-2-5-10-16/h2,4-5,8-11,14-15H,3,6-7,12-13H2,1H3/t15-/m0/s1. The first-order valence-electron chi connectivity index (χ1n) is 10.1. The fourth-order valence-corrected chi connectivity index (χ4v) is 4.45. The molecule has 1 aliphatic heterocycles. The molecule has 0 aliphatic carbocycles. The van der Waals surface area contributed by atoms with E-state index in [1.165, 1.54) is 19.3 Å². The third kappa shape index (κ3) is 3.72. The van der Waals surface area contributed by atoms with E-state index in [4.69, 9.17) is 8.94 Å².